The van der Waals surface area contributed by atoms with Crippen LogP contribution in [0, 0.1) is 11.3 Å². The van der Waals surface area contributed by atoms with Crippen molar-refractivity contribution in [3.63, 3.8) is 0 Å². The summed E-state index contributed by atoms with van der Waals surface area (Å²) < 4.78 is 6.69. The van der Waals surface area contributed by atoms with Crippen LogP contribution in [-0.2, 0) is 0 Å². The van der Waals surface area contributed by atoms with E-state index in [-0.39, 0.29) is 12.1 Å². The molecule has 0 spiro atoms. The van der Waals surface area contributed by atoms with Crippen molar-refractivity contribution in [2.24, 2.45) is 5.73 Å². The Balaban J connectivity index is 2.12. The minimum absolute atomic E-state index is 0.156. The summed E-state index contributed by atoms with van der Waals surface area (Å²) in [5.74, 6) is 0.657. The number of hydrogen-bond acceptors (Lipinski definition) is 3. The van der Waals surface area contributed by atoms with Crippen molar-refractivity contribution in [3.05, 3.63) is 28.2 Å². The second-order valence-corrected chi connectivity index (χ2v) is 4.98. The molecule has 2 atom stereocenters. The molecule has 1 aromatic rings. The maximum Gasteiger partial charge on any atom is 0.137 e. The molecule has 2 rings (SSSR count). The Hall–Kier alpha value is -1.05. The van der Waals surface area contributed by atoms with E-state index in [4.69, 9.17) is 15.7 Å². The van der Waals surface area contributed by atoms with Crippen LogP contribution in [0.25, 0.3) is 0 Å². The van der Waals surface area contributed by atoms with Gasteiger partial charge in [0.05, 0.1) is 5.56 Å². The lowest BCUT2D eigenvalue weighted by atomic mass is 10.2. The molecule has 0 bridgehead atoms. The smallest absolute Gasteiger partial charge is 0.137 e. The molecule has 1 saturated carbocycles. The number of halogens is 1. The summed E-state index contributed by atoms with van der Waals surface area (Å²) in [5, 5.41) is 8.99. The van der Waals surface area contributed by atoms with Crippen LogP contribution in [0.4, 0.5) is 0 Å². The van der Waals surface area contributed by atoms with Crippen LogP contribution < -0.4 is 10.5 Å². The minimum Gasteiger partial charge on any atom is -0.489 e. The normalized spacial score (nSPS) is 24.1. The van der Waals surface area contributed by atoms with Gasteiger partial charge in [0, 0.05) is 10.5 Å². The highest BCUT2D eigenvalue weighted by atomic mass is 79.9. The molecule has 2 N–H and O–H groups in total. The van der Waals surface area contributed by atoms with E-state index in [9.17, 15) is 0 Å². The number of ether oxygens (including phenoxy) is 1. The first-order valence-electron chi connectivity index (χ1n) is 5.31. The first-order chi connectivity index (χ1) is 7.69. The molecular weight excluding hydrogens is 268 g/mol. The second-order valence-electron chi connectivity index (χ2n) is 4.07. The highest BCUT2D eigenvalue weighted by molar-refractivity contribution is 9.10. The fourth-order valence-corrected chi connectivity index (χ4v) is 2.31. The molecule has 1 aliphatic rings. The lowest BCUT2D eigenvalue weighted by Gasteiger charge is -2.14. The number of nitrogens with zero attached hydrogens (tertiary/aromatic N) is 1. The van der Waals surface area contributed by atoms with Gasteiger partial charge >= 0.3 is 0 Å². The summed E-state index contributed by atoms with van der Waals surface area (Å²) in [7, 11) is 0. The monoisotopic (exact) mass is 280 g/mol. The van der Waals surface area contributed by atoms with Gasteiger partial charge in [-0.15, -0.1) is 0 Å². The Labute approximate surface area is 103 Å². The third kappa shape index (κ3) is 2.55. The summed E-state index contributed by atoms with van der Waals surface area (Å²) in [6.45, 7) is 0. The Morgan fingerprint density at radius 3 is 2.88 bits per heavy atom. The lowest BCUT2D eigenvalue weighted by Crippen LogP contribution is -2.19. The zero-order valence-corrected chi connectivity index (χ0v) is 10.4. The molecule has 0 aliphatic heterocycles. The Morgan fingerprint density at radius 2 is 2.25 bits per heavy atom. The zero-order valence-electron chi connectivity index (χ0n) is 8.82. The average Bonchev–Trinajstić information content (AvgIpc) is 2.67. The van der Waals surface area contributed by atoms with Crippen LogP contribution in [0.2, 0.25) is 0 Å². The topological polar surface area (TPSA) is 59.0 Å². The summed E-state index contributed by atoms with van der Waals surface area (Å²) in [6.07, 6.45) is 3.01. The van der Waals surface area contributed by atoms with E-state index >= 15 is 0 Å². The van der Waals surface area contributed by atoms with Gasteiger partial charge in [0.1, 0.15) is 17.9 Å². The number of nitriles is 1. The fraction of sp³-hybridized carbons (Fsp3) is 0.417. The summed E-state index contributed by atoms with van der Waals surface area (Å²) in [4.78, 5) is 0. The molecule has 4 heteroatoms. The van der Waals surface area contributed by atoms with Gasteiger partial charge in [-0.1, -0.05) is 15.9 Å². The molecule has 0 heterocycles. The van der Waals surface area contributed by atoms with Gasteiger partial charge in [-0.25, -0.2) is 0 Å². The molecule has 0 aromatic heterocycles. The van der Waals surface area contributed by atoms with E-state index in [1.165, 1.54) is 0 Å². The van der Waals surface area contributed by atoms with E-state index in [2.05, 4.69) is 22.0 Å². The number of nitrogens with two attached hydrogens (primary N) is 1. The number of benzene rings is 1. The van der Waals surface area contributed by atoms with Gasteiger partial charge in [0.15, 0.2) is 0 Å². The highest BCUT2D eigenvalue weighted by Gasteiger charge is 2.23. The molecule has 0 radical (unpaired) electrons. The zero-order chi connectivity index (χ0) is 11.5. The van der Waals surface area contributed by atoms with Crippen molar-refractivity contribution in [2.75, 3.05) is 0 Å². The summed E-state index contributed by atoms with van der Waals surface area (Å²) >= 11 is 3.33. The van der Waals surface area contributed by atoms with Gasteiger partial charge < -0.3 is 10.5 Å². The predicted octanol–water partition coefficient (Wildman–Crippen LogP) is 2.58. The van der Waals surface area contributed by atoms with Crippen molar-refractivity contribution in [2.45, 2.75) is 31.4 Å². The van der Waals surface area contributed by atoms with Crippen molar-refractivity contribution >= 4 is 15.9 Å². The molecular formula is C12H13BrN2O. The van der Waals surface area contributed by atoms with E-state index in [0.717, 1.165) is 23.7 Å². The lowest BCUT2D eigenvalue weighted by molar-refractivity contribution is 0.207. The maximum absolute atomic E-state index is 8.99. The van der Waals surface area contributed by atoms with Gasteiger partial charge in [-0.2, -0.15) is 5.26 Å². The van der Waals surface area contributed by atoms with Gasteiger partial charge in [0.25, 0.3) is 0 Å². The van der Waals surface area contributed by atoms with E-state index in [1.54, 1.807) is 6.07 Å². The standard InChI is InChI=1S/C12H13BrN2O/c13-9-1-4-12(8(5-9)7-14)16-11-3-2-10(15)6-11/h1,4-5,10-11H,2-3,6,15H2. The molecule has 2 unspecified atom stereocenters. The van der Waals surface area contributed by atoms with Crippen LogP contribution in [0.5, 0.6) is 5.75 Å². The Morgan fingerprint density at radius 1 is 1.44 bits per heavy atom. The highest BCUT2D eigenvalue weighted by Crippen LogP contribution is 2.27. The second kappa shape index (κ2) is 4.86. The molecule has 1 aromatic carbocycles. The van der Waals surface area contributed by atoms with Gasteiger partial charge in [0.2, 0.25) is 0 Å². The molecule has 16 heavy (non-hydrogen) atoms. The molecule has 0 amide bonds. The molecule has 1 aliphatic carbocycles. The van der Waals surface area contributed by atoms with Crippen LogP contribution >= 0.6 is 15.9 Å². The number of hydrogen-bond donors (Lipinski definition) is 1. The SMILES string of the molecule is N#Cc1cc(Br)ccc1OC1CCC(N)C1. The van der Waals surface area contributed by atoms with E-state index < -0.39 is 0 Å². The fourth-order valence-electron chi connectivity index (χ4n) is 1.95. The maximum atomic E-state index is 8.99. The summed E-state index contributed by atoms with van der Waals surface area (Å²) in [6, 6.07) is 7.85. The van der Waals surface area contributed by atoms with Crippen molar-refractivity contribution < 1.29 is 4.74 Å². The van der Waals surface area contributed by atoms with Gasteiger partial charge in [-0.05, 0) is 37.5 Å². The molecule has 1 fully saturated rings. The molecule has 3 nitrogen and oxygen atoms in total. The Bertz CT molecular complexity index is 428. The first kappa shape index (κ1) is 11.4. The van der Waals surface area contributed by atoms with E-state index in [0.29, 0.717) is 11.3 Å². The first-order valence-corrected chi connectivity index (χ1v) is 6.10. The summed E-state index contributed by atoms with van der Waals surface area (Å²) in [5.41, 5.74) is 6.39. The Kier molecular flexibility index (Phi) is 3.47. The largest absolute Gasteiger partial charge is 0.489 e. The van der Waals surface area contributed by atoms with Crippen molar-refractivity contribution in [1.29, 1.82) is 5.26 Å². The van der Waals surface area contributed by atoms with Gasteiger partial charge in [-0.3, -0.25) is 0 Å². The van der Waals surface area contributed by atoms with Crippen molar-refractivity contribution in [3.8, 4) is 11.8 Å². The minimum atomic E-state index is 0.156. The van der Waals surface area contributed by atoms with Crippen LogP contribution in [0.3, 0.4) is 0 Å². The van der Waals surface area contributed by atoms with Crippen molar-refractivity contribution in [1.82, 2.24) is 0 Å². The number of rotatable bonds is 2. The van der Waals surface area contributed by atoms with Crippen LogP contribution in [0.1, 0.15) is 24.8 Å². The molecule has 84 valence electrons. The van der Waals surface area contributed by atoms with E-state index in [1.807, 2.05) is 12.1 Å². The predicted molar refractivity (Wildman–Crippen MR) is 65.1 cm³/mol. The average molecular weight is 281 g/mol. The quantitative estimate of drug-likeness (QED) is 0.906. The third-order valence-electron chi connectivity index (χ3n) is 2.78. The van der Waals surface area contributed by atoms with Crippen LogP contribution in [-0.4, -0.2) is 12.1 Å². The molecule has 0 saturated heterocycles. The third-order valence-corrected chi connectivity index (χ3v) is 3.27. The van der Waals surface area contributed by atoms with Crippen LogP contribution in [0.15, 0.2) is 22.7 Å².